The monoisotopic (exact) mass is 328 g/mol. The van der Waals surface area contributed by atoms with Crippen molar-refractivity contribution >= 4 is 50.8 Å². The lowest BCUT2D eigenvalue weighted by atomic mass is 10.2. The topological polar surface area (TPSA) is 42.0 Å². The van der Waals surface area contributed by atoms with Crippen molar-refractivity contribution in [3.63, 3.8) is 0 Å². The van der Waals surface area contributed by atoms with E-state index in [0.717, 1.165) is 26.5 Å². The SMILES string of the molecule is Cc1nc2ccc(NC(=O)/C=C/c3ccc(Cl)cc3)cc2s1. The van der Waals surface area contributed by atoms with Crippen molar-refractivity contribution < 1.29 is 4.79 Å². The van der Waals surface area contributed by atoms with Crippen LogP contribution in [0.1, 0.15) is 10.6 Å². The van der Waals surface area contributed by atoms with Gasteiger partial charge in [0.25, 0.3) is 0 Å². The number of nitrogens with one attached hydrogen (secondary N) is 1. The van der Waals surface area contributed by atoms with Gasteiger partial charge in [-0.2, -0.15) is 0 Å². The molecule has 22 heavy (non-hydrogen) atoms. The number of hydrogen-bond acceptors (Lipinski definition) is 3. The highest BCUT2D eigenvalue weighted by molar-refractivity contribution is 7.18. The highest BCUT2D eigenvalue weighted by Crippen LogP contribution is 2.24. The summed E-state index contributed by atoms with van der Waals surface area (Å²) in [5.41, 5.74) is 2.65. The molecule has 0 unspecified atom stereocenters. The molecule has 0 aliphatic heterocycles. The van der Waals surface area contributed by atoms with Crippen molar-refractivity contribution in [2.24, 2.45) is 0 Å². The number of rotatable bonds is 3. The van der Waals surface area contributed by atoms with Gasteiger partial charge in [-0.3, -0.25) is 4.79 Å². The van der Waals surface area contributed by atoms with Crippen molar-refractivity contribution in [1.29, 1.82) is 0 Å². The number of aryl methyl sites for hydroxylation is 1. The quantitative estimate of drug-likeness (QED) is 0.694. The summed E-state index contributed by atoms with van der Waals surface area (Å²) in [5.74, 6) is -0.171. The van der Waals surface area contributed by atoms with Gasteiger partial charge < -0.3 is 5.32 Å². The minimum absolute atomic E-state index is 0.171. The van der Waals surface area contributed by atoms with E-state index in [4.69, 9.17) is 11.6 Å². The first kappa shape index (κ1) is 14.8. The summed E-state index contributed by atoms with van der Waals surface area (Å²) in [5, 5.41) is 4.54. The van der Waals surface area contributed by atoms with Gasteiger partial charge in [-0.1, -0.05) is 23.7 Å². The minimum atomic E-state index is -0.171. The van der Waals surface area contributed by atoms with E-state index in [0.29, 0.717) is 5.02 Å². The van der Waals surface area contributed by atoms with Crippen LogP contribution < -0.4 is 5.32 Å². The molecule has 3 nitrogen and oxygen atoms in total. The molecule has 0 aliphatic carbocycles. The average Bonchev–Trinajstić information content (AvgIpc) is 2.86. The Kier molecular flexibility index (Phi) is 4.22. The van der Waals surface area contributed by atoms with Crippen molar-refractivity contribution in [3.8, 4) is 0 Å². The van der Waals surface area contributed by atoms with Gasteiger partial charge in [-0.05, 0) is 48.9 Å². The number of fused-ring (bicyclic) bond motifs is 1. The number of thiazole rings is 1. The second-order valence-corrected chi connectivity index (χ2v) is 6.46. The molecule has 5 heteroatoms. The van der Waals surface area contributed by atoms with Gasteiger partial charge in [-0.25, -0.2) is 4.98 Å². The van der Waals surface area contributed by atoms with Crippen LogP contribution >= 0.6 is 22.9 Å². The van der Waals surface area contributed by atoms with Crippen LogP contribution in [0, 0.1) is 6.92 Å². The molecule has 110 valence electrons. The lowest BCUT2D eigenvalue weighted by Crippen LogP contribution is -2.07. The molecule has 0 bridgehead atoms. The number of halogens is 1. The molecule has 0 aliphatic rings. The first-order chi connectivity index (χ1) is 10.6. The molecule has 1 amide bonds. The van der Waals surface area contributed by atoms with Crippen LogP contribution in [0.25, 0.3) is 16.3 Å². The number of amides is 1. The van der Waals surface area contributed by atoms with E-state index < -0.39 is 0 Å². The van der Waals surface area contributed by atoms with Gasteiger partial charge in [-0.15, -0.1) is 11.3 Å². The Morgan fingerprint density at radius 1 is 1.23 bits per heavy atom. The molecule has 3 aromatic rings. The highest BCUT2D eigenvalue weighted by atomic mass is 35.5. The first-order valence-corrected chi connectivity index (χ1v) is 7.91. The summed E-state index contributed by atoms with van der Waals surface area (Å²) in [6.45, 7) is 1.97. The maximum absolute atomic E-state index is 12.0. The van der Waals surface area contributed by atoms with Gasteiger partial charge >= 0.3 is 0 Å². The van der Waals surface area contributed by atoms with Crippen LogP contribution in [0.2, 0.25) is 5.02 Å². The zero-order chi connectivity index (χ0) is 15.5. The lowest BCUT2D eigenvalue weighted by molar-refractivity contribution is -0.111. The van der Waals surface area contributed by atoms with E-state index in [1.165, 1.54) is 6.08 Å². The Bertz CT molecular complexity index is 853. The Labute approximate surface area is 137 Å². The maximum atomic E-state index is 12.0. The Balaban J connectivity index is 1.70. The molecule has 0 radical (unpaired) electrons. The third-order valence-corrected chi connectivity index (χ3v) is 4.25. The highest BCUT2D eigenvalue weighted by Gasteiger charge is 2.03. The van der Waals surface area contributed by atoms with Crippen LogP contribution in [0.5, 0.6) is 0 Å². The minimum Gasteiger partial charge on any atom is -0.322 e. The molecule has 0 fully saturated rings. The van der Waals surface area contributed by atoms with Gasteiger partial charge in [0.1, 0.15) is 0 Å². The molecule has 1 heterocycles. The standard InChI is InChI=1S/C17H13ClN2OS/c1-11-19-15-8-7-14(10-16(15)22-11)20-17(21)9-4-12-2-5-13(18)6-3-12/h2-10H,1H3,(H,20,21)/b9-4+. The molecule has 3 rings (SSSR count). The van der Waals surface area contributed by atoms with Crippen molar-refractivity contribution in [2.75, 3.05) is 5.32 Å². The van der Waals surface area contributed by atoms with Gasteiger partial charge in [0.15, 0.2) is 0 Å². The Morgan fingerprint density at radius 2 is 2.00 bits per heavy atom. The van der Waals surface area contributed by atoms with E-state index in [1.54, 1.807) is 29.5 Å². The first-order valence-electron chi connectivity index (χ1n) is 6.72. The summed E-state index contributed by atoms with van der Waals surface area (Å²) in [4.78, 5) is 16.4. The predicted octanol–water partition coefficient (Wildman–Crippen LogP) is 4.91. The molecular weight excluding hydrogens is 316 g/mol. The third kappa shape index (κ3) is 3.53. The number of hydrogen-bond donors (Lipinski definition) is 1. The number of nitrogens with zero attached hydrogens (tertiary/aromatic N) is 1. The van der Waals surface area contributed by atoms with Gasteiger partial charge in [0.2, 0.25) is 5.91 Å². The molecule has 0 atom stereocenters. The molecule has 0 spiro atoms. The zero-order valence-corrected chi connectivity index (χ0v) is 13.4. The molecule has 0 saturated heterocycles. The molecule has 1 aromatic heterocycles. The number of carbonyl (C=O) groups is 1. The second kappa shape index (κ2) is 6.30. The fraction of sp³-hybridized carbons (Fsp3) is 0.0588. The van der Waals surface area contributed by atoms with Crippen molar-refractivity contribution in [2.45, 2.75) is 6.92 Å². The van der Waals surface area contributed by atoms with Crippen LogP contribution in [0.15, 0.2) is 48.5 Å². The second-order valence-electron chi connectivity index (χ2n) is 4.79. The van der Waals surface area contributed by atoms with E-state index in [1.807, 2.05) is 37.3 Å². The van der Waals surface area contributed by atoms with E-state index in [2.05, 4.69) is 10.3 Å². The third-order valence-electron chi connectivity index (χ3n) is 3.06. The summed E-state index contributed by atoms with van der Waals surface area (Å²) in [7, 11) is 0. The largest absolute Gasteiger partial charge is 0.322 e. The molecule has 1 N–H and O–H groups in total. The fourth-order valence-electron chi connectivity index (χ4n) is 2.05. The van der Waals surface area contributed by atoms with Crippen LogP contribution in [-0.4, -0.2) is 10.9 Å². The number of anilines is 1. The number of carbonyl (C=O) groups excluding carboxylic acids is 1. The van der Waals surface area contributed by atoms with E-state index in [9.17, 15) is 4.79 Å². The summed E-state index contributed by atoms with van der Waals surface area (Å²) >= 11 is 7.44. The normalized spacial score (nSPS) is 11.2. The maximum Gasteiger partial charge on any atom is 0.248 e. The summed E-state index contributed by atoms with van der Waals surface area (Å²) in [6, 6.07) is 13.0. The Morgan fingerprint density at radius 3 is 2.77 bits per heavy atom. The van der Waals surface area contributed by atoms with Crippen molar-refractivity contribution in [3.05, 3.63) is 64.1 Å². The van der Waals surface area contributed by atoms with E-state index >= 15 is 0 Å². The van der Waals surface area contributed by atoms with Gasteiger partial charge in [0.05, 0.1) is 15.2 Å². The van der Waals surface area contributed by atoms with Crippen LogP contribution in [0.3, 0.4) is 0 Å². The zero-order valence-electron chi connectivity index (χ0n) is 11.8. The lowest BCUT2D eigenvalue weighted by Gasteiger charge is -2.01. The Hall–Kier alpha value is -2.17. The van der Waals surface area contributed by atoms with Crippen LogP contribution in [0.4, 0.5) is 5.69 Å². The molecule has 2 aromatic carbocycles. The summed E-state index contributed by atoms with van der Waals surface area (Å²) < 4.78 is 1.07. The van der Waals surface area contributed by atoms with E-state index in [-0.39, 0.29) is 5.91 Å². The smallest absolute Gasteiger partial charge is 0.248 e. The van der Waals surface area contributed by atoms with Gasteiger partial charge in [0, 0.05) is 16.8 Å². The van der Waals surface area contributed by atoms with Crippen LogP contribution in [-0.2, 0) is 4.79 Å². The molecule has 0 saturated carbocycles. The number of benzene rings is 2. The van der Waals surface area contributed by atoms with Crippen molar-refractivity contribution in [1.82, 2.24) is 4.98 Å². The average molecular weight is 329 g/mol. The predicted molar refractivity (Wildman–Crippen MR) is 93.5 cm³/mol. The molecular formula is C17H13ClN2OS. The summed E-state index contributed by atoms with van der Waals surface area (Å²) in [6.07, 6.45) is 3.26. The fourth-order valence-corrected chi connectivity index (χ4v) is 3.04. The number of aromatic nitrogens is 1.